The van der Waals surface area contributed by atoms with Gasteiger partial charge in [0, 0.05) is 12.2 Å². The van der Waals surface area contributed by atoms with Crippen LogP contribution in [0.5, 0.6) is 0 Å². The van der Waals surface area contributed by atoms with Crippen LogP contribution >= 0.6 is 0 Å². The summed E-state index contributed by atoms with van der Waals surface area (Å²) in [6.45, 7) is 8.08. The minimum atomic E-state index is -1.03. The number of aromatic nitrogens is 3. The van der Waals surface area contributed by atoms with Crippen molar-refractivity contribution in [3.63, 3.8) is 0 Å². The summed E-state index contributed by atoms with van der Waals surface area (Å²) in [6, 6.07) is 3.54. The van der Waals surface area contributed by atoms with Crippen LogP contribution < -0.4 is 5.69 Å². The Kier molecular flexibility index (Phi) is 8.22. The summed E-state index contributed by atoms with van der Waals surface area (Å²) >= 11 is 0. The van der Waals surface area contributed by atoms with Gasteiger partial charge in [0.05, 0.1) is 5.52 Å². The number of carboxylic acid groups (broad SMARTS) is 1. The smallest absolute Gasteiger partial charge is 0.331 e. The van der Waals surface area contributed by atoms with Gasteiger partial charge in [-0.05, 0) is 25.0 Å². The molecule has 0 amide bonds. The van der Waals surface area contributed by atoms with Crippen LogP contribution in [0.2, 0.25) is 0 Å². The van der Waals surface area contributed by atoms with Crippen molar-refractivity contribution in [3.8, 4) is 0 Å². The van der Waals surface area contributed by atoms with Crippen molar-refractivity contribution < 1.29 is 9.90 Å². The Hall–Kier alpha value is -2.11. The van der Waals surface area contributed by atoms with E-state index in [0.29, 0.717) is 11.2 Å². The molecule has 0 radical (unpaired) electrons. The van der Waals surface area contributed by atoms with Crippen LogP contribution in [0.15, 0.2) is 23.1 Å². The van der Waals surface area contributed by atoms with Crippen molar-refractivity contribution in [1.82, 2.24) is 14.1 Å². The molecule has 2 aromatic rings. The van der Waals surface area contributed by atoms with E-state index >= 15 is 0 Å². The first-order valence-electron chi connectivity index (χ1n) is 8.79. The molecule has 2 rings (SSSR count). The van der Waals surface area contributed by atoms with Gasteiger partial charge in [-0.1, -0.05) is 47.0 Å². The molecule has 0 aliphatic rings. The highest BCUT2D eigenvalue weighted by atomic mass is 16.4. The van der Waals surface area contributed by atoms with E-state index in [1.54, 1.807) is 22.9 Å². The van der Waals surface area contributed by atoms with Crippen molar-refractivity contribution in [2.45, 2.75) is 72.4 Å². The fourth-order valence-electron chi connectivity index (χ4n) is 2.79. The lowest BCUT2D eigenvalue weighted by Crippen LogP contribution is -2.29. The normalized spacial score (nSPS) is 10.7. The molecule has 0 aliphatic carbocycles. The number of rotatable bonds is 7. The van der Waals surface area contributed by atoms with Crippen molar-refractivity contribution >= 4 is 17.1 Å². The Labute approximate surface area is 143 Å². The number of imidazole rings is 1. The van der Waals surface area contributed by atoms with Gasteiger partial charge in [0.25, 0.3) is 0 Å². The second-order valence-corrected chi connectivity index (χ2v) is 5.92. The maximum absolute atomic E-state index is 12.6. The number of fused-ring (bicyclic) bond motifs is 1. The highest BCUT2D eigenvalue weighted by molar-refractivity contribution is 5.75. The SMILES string of the molecule is CCC.CCCC(CCC)n1c(=O)n(CC(=O)O)c2cccnc21. The first-order valence-corrected chi connectivity index (χ1v) is 8.79. The largest absolute Gasteiger partial charge is 0.480 e. The summed E-state index contributed by atoms with van der Waals surface area (Å²) in [7, 11) is 0. The molecule has 0 spiro atoms. The topological polar surface area (TPSA) is 77.1 Å². The van der Waals surface area contributed by atoms with Gasteiger partial charge >= 0.3 is 11.7 Å². The molecule has 0 bridgehead atoms. The second kappa shape index (κ2) is 9.90. The third-order valence-corrected chi connectivity index (χ3v) is 3.62. The van der Waals surface area contributed by atoms with E-state index in [2.05, 4.69) is 32.7 Å². The fraction of sp³-hybridized carbons (Fsp3) is 0.611. The number of nitrogens with zero attached hydrogens (tertiary/aromatic N) is 3. The Morgan fingerprint density at radius 2 is 1.79 bits per heavy atom. The molecular weight excluding hydrogens is 306 g/mol. The third-order valence-electron chi connectivity index (χ3n) is 3.62. The van der Waals surface area contributed by atoms with Gasteiger partial charge in [-0.3, -0.25) is 13.9 Å². The molecule has 134 valence electrons. The van der Waals surface area contributed by atoms with Crippen molar-refractivity contribution in [1.29, 1.82) is 0 Å². The van der Waals surface area contributed by atoms with E-state index in [4.69, 9.17) is 5.11 Å². The van der Waals surface area contributed by atoms with E-state index in [0.717, 1.165) is 25.7 Å². The molecule has 6 heteroatoms. The van der Waals surface area contributed by atoms with E-state index in [1.165, 1.54) is 11.0 Å². The summed E-state index contributed by atoms with van der Waals surface area (Å²) in [5.41, 5.74) is 0.885. The van der Waals surface area contributed by atoms with Gasteiger partial charge in [-0.15, -0.1) is 0 Å². The zero-order chi connectivity index (χ0) is 18.1. The molecule has 6 nitrogen and oxygen atoms in total. The number of carbonyl (C=O) groups is 1. The minimum absolute atomic E-state index is 0.0694. The number of carboxylic acids is 1. The monoisotopic (exact) mass is 335 g/mol. The number of pyridine rings is 1. The molecule has 0 saturated carbocycles. The Morgan fingerprint density at radius 1 is 1.21 bits per heavy atom. The third kappa shape index (κ3) is 4.69. The standard InChI is InChI=1S/C15H21N3O3.C3H8/c1-3-6-11(7-4-2)18-14-12(8-5-9-16-14)17(15(18)21)10-13(19)20;1-3-2/h5,8-9,11H,3-4,6-7,10H2,1-2H3,(H,19,20);3H2,1-2H3. The summed E-state index contributed by atoms with van der Waals surface area (Å²) in [5.74, 6) is -1.03. The molecule has 2 heterocycles. The average molecular weight is 335 g/mol. The second-order valence-electron chi connectivity index (χ2n) is 5.92. The van der Waals surface area contributed by atoms with Gasteiger partial charge < -0.3 is 5.11 Å². The average Bonchev–Trinajstić information content (AvgIpc) is 2.80. The van der Waals surface area contributed by atoms with Gasteiger partial charge in [-0.2, -0.15) is 0 Å². The number of hydrogen-bond donors (Lipinski definition) is 1. The quantitative estimate of drug-likeness (QED) is 0.834. The van der Waals surface area contributed by atoms with Crippen LogP contribution in [0.25, 0.3) is 11.2 Å². The molecule has 24 heavy (non-hydrogen) atoms. The van der Waals surface area contributed by atoms with Crippen LogP contribution in [0.4, 0.5) is 0 Å². The van der Waals surface area contributed by atoms with Gasteiger partial charge in [0.15, 0.2) is 5.65 Å². The maximum Gasteiger partial charge on any atom is 0.331 e. The zero-order valence-corrected chi connectivity index (χ0v) is 15.2. The summed E-state index contributed by atoms with van der Waals surface area (Å²) in [5, 5.41) is 9.02. The van der Waals surface area contributed by atoms with E-state index in [9.17, 15) is 9.59 Å². The summed E-state index contributed by atoms with van der Waals surface area (Å²) in [4.78, 5) is 27.9. The van der Waals surface area contributed by atoms with Crippen LogP contribution in [0.3, 0.4) is 0 Å². The zero-order valence-electron chi connectivity index (χ0n) is 15.2. The van der Waals surface area contributed by atoms with Crippen molar-refractivity contribution in [2.24, 2.45) is 0 Å². The molecule has 2 aromatic heterocycles. The highest BCUT2D eigenvalue weighted by Gasteiger charge is 2.21. The van der Waals surface area contributed by atoms with Gasteiger partial charge in [0.2, 0.25) is 0 Å². The molecule has 0 aliphatic heterocycles. The predicted molar refractivity (Wildman–Crippen MR) is 96.4 cm³/mol. The van der Waals surface area contributed by atoms with E-state index < -0.39 is 5.97 Å². The van der Waals surface area contributed by atoms with Gasteiger partial charge in [-0.25, -0.2) is 9.78 Å². The Bertz CT molecular complexity index is 697. The first kappa shape index (κ1) is 19.9. The van der Waals surface area contributed by atoms with Crippen LogP contribution in [0, 0.1) is 0 Å². The summed E-state index contributed by atoms with van der Waals surface area (Å²) < 4.78 is 2.97. The van der Waals surface area contributed by atoms with Crippen molar-refractivity contribution in [3.05, 3.63) is 28.8 Å². The molecule has 0 fully saturated rings. The fourth-order valence-corrected chi connectivity index (χ4v) is 2.79. The van der Waals surface area contributed by atoms with Crippen LogP contribution in [-0.2, 0) is 11.3 Å². The first-order chi connectivity index (χ1) is 11.5. The van der Waals surface area contributed by atoms with Crippen LogP contribution in [0.1, 0.15) is 65.8 Å². The highest BCUT2D eigenvalue weighted by Crippen LogP contribution is 2.22. The number of hydrogen-bond acceptors (Lipinski definition) is 3. The van der Waals surface area contributed by atoms with Crippen molar-refractivity contribution in [2.75, 3.05) is 0 Å². The Morgan fingerprint density at radius 3 is 2.29 bits per heavy atom. The lowest BCUT2D eigenvalue weighted by atomic mass is 10.1. The molecular formula is C18H29N3O3. The predicted octanol–water partition coefficient (Wildman–Crippen LogP) is 3.84. The van der Waals surface area contributed by atoms with E-state index in [-0.39, 0.29) is 18.3 Å². The summed E-state index contributed by atoms with van der Waals surface area (Å²) in [6.07, 6.45) is 6.59. The molecule has 1 N–H and O–H groups in total. The Balaban J connectivity index is 0.000000891. The lowest BCUT2D eigenvalue weighted by molar-refractivity contribution is -0.137. The molecule has 0 saturated heterocycles. The number of aliphatic carboxylic acids is 1. The molecule has 0 unspecified atom stereocenters. The van der Waals surface area contributed by atoms with E-state index in [1.807, 2.05) is 0 Å². The lowest BCUT2D eigenvalue weighted by Gasteiger charge is -2.16. The van der Waals surface area contributed by atoms with Crippen LogP contribution in [-0.4, -0.2) is 25.2 Å². The molecule has 0 aromatic carbocycles. The maximum atomic E-state index is 12.6. The van der Waals surface area contributed by atoms with Gasteiger partial charge in [0.1, 0.15) is 6.54 Å². The minimum Gasteiger partial charge on any atom is -0.480 e. The molecule has 0 atom stereocenters.